The van der Waals surface area contributed by atoms with Crippen LogP contribution in [0.2, 0.25) is 0 Å². The number of unbranched alkanes of at least 4 members (excludes halogenated alkanes) is 1. The van der Waals surface area contributed by atoms with Crippen LogP contribution in [0.25, 0.3) is 11.0 Å². The zero-order valence-electron chi connectivity index (χ0n) is 17.2. The minimum absolute atomic E-state index is 0.207. The zero-order valence-corrected chi connectivity index (χ0v) is 18.0. The zero-order chi connectivity index (χ0) is 21.2. The van der Waals surface area contributed by atoms with Gasteiger partial charge in [0.1, 0.15) is 0 Å². The third-order valence-corrected chi connectivity index (χ3v) is 5.01. The summed E-state index contributed by atoms with van der Waals surface area (Å²) >= 11 is 1.33. The molecule has 0 spiro atoms. The third-order valence-electron chi connectivity index (χ3n) is 4.13. The quantitative estimate of drug-likeness (QED) is 0.206. The summed E-state index contributed by atoms with van der Waals surface area (Å²) < 4.78 is 11.4. The molecule has 0 atom stereocenters. The second-order valence-electron chi connectivity index (χ2n) is 6.48. The molecule has 0 unspecified atom stereocenters. The molecule has 0 saturated heterocycles. The lowest BCUT2D eigenvalue weighted by Crippen LogP contribution is -2.19. The van der Waals surface area contributed by atoms with Crippen LogP contribution in [-0.4, -0.2) is 41.1 Å². The summed E-state index contributed by atoms with van der Waals surface area (Å²) in [6, 6.07) is 13.3. The Kier molecular flexibility index (Phi) is 8.14. The van der Waals surface area contributed by atoms with Gasteiger partial charge in [0.2, 0.25) is 0 Å². The number of thioether (sulfide) groups is 1. The highest BCUT2D eigenvalue weighted by Gasteiger charge is 2.07. The molecule has 1 aromatic heterocycles. The van der Waals surface area contributed by atoms with Crippen LogP contribution in [0.3, 0.4) is 0 Å². The van der Waals surface area contributed by atoms with E-state index in [1.54, 1.807) is 6.21 Å². The lowest BCUT2D eigenvalue weighted by Gasteiger charge is -2.12. The van der Waals surface area contributed by atoms with E-state index in [0.717, 1.165) is 29.4 Å². The highest BCUT2D eigenvalue weighted by Crippen LogP contribution is 2.28. The molecule has 30 heavy (non-hydrogen) atoms. The summed E-state index contributed by atoms with van der Waals surface area (Å²) in [5.74, 6) is 1.39. The van der Waals surface area contributed by atoms with Gasteiger partial charge in [0.15, 0.2) is 16.7 Å². The predicted molar refractivity (Wildman–Crippen MR) is 121 cm³/mol. The fourth-order valence-corrected chi connectivity index (χ4v) is 3.34. The number of H-pyrrole nitrogens is 1. The molecule has 0 aliphatic carbocycles. The number of benzene rings is 2. The van der Waals surface area contributed by atoms with Crippen molar-refractivity contribution in [2.75, 3.05) is 19.0 Å². The van der Waals surface area contributed by atoms with Crippen LogP contribution in [0, 0.1) is 0 Å². The van der Waals surface area contributed by atoms with Crippen molar-refractivity contribution in [1.82, 2.24) is 15.4 Å². The number of aromatic nitrogens is 2. The Labute approximate surface area is 180 Å². The van der Waals surface area contributed by atoms with Gasteiger partial charge in [-0.05, 0) is 49.2 Å². The van der Waals surface area contributed by atoms with Gasteiger partial charge in [-0.15, -0.1) is 0 Å². The van der Waals surface area contributed by atoms with E-state index in [1.807, 2.05) is 49.4 Å². The van der Waals surface area contributed by atoms with Crippen molar-refractivity contribution in [1.29, 1.82) is 0 Å². The van der Waals surface area contributed by atoms with Gasteiger partial charge in [0.05, 0.1) is 36.2 Å². The largest absolute Gasteiger partial charge is 0.490 e. The fourth-order valence-electron chi connectivity index (χ4n) is 2.66. The normalized spacial score (nSPS) is 11.1. The van der Waals surface area contributed by atoms with Crippen LogP contribution in [0.1, 0.15) is 32.3 Å². The highest BCUT2D eigenvalue weighted by atomic mass is 32.2. The minimum atomic E-state index is -0.207. The first-order valence-electron chi connectivity index (χ1n) is 9.98. The summed E-state index contributed by atoms with van der Waals surface area (Å²) in [7, 11) is 0. The minimum Gasteiger partial charge on any atom is -0.490 e. The lowest BCUT2D eigenvalue weighted by molar-refractivity contribution is -0.118. The van der Waals surface area contributed by atoms with Crippen molar-refractivity contribution in [2.45, 2.75) is 31.8 Å². The Morgan fingerprint density at radius 1 is 1.20 bits per heavy atom. The molecule has 2 N–H and O–H groups in total. The van der Waals surface area contributed by atoms with E-state index in [-0.39, 0.29) is 11.7 Å². The van der Waals surface area contributed by atoms with Crippen LogP contribution in [-0.2, 0) is 4.79 Å². The number of carbonyl (C=O) groups is 1. The number of nitrogens with one attached hydrogen (secondary N) is 2. The van der Waals surface area contributed by atoms with Gasteiger partial charge in [0, 0.05) is 0 Å². The van der Waals surface area contributed by atoms with Gasteiger partial charge in [-0.2, -0.15) is 5.10 Å². The molecule has 3 rings (SSSR count). The molecule has 2 aromatic carbocycles. The Balaban J connectivity index is 1.51. The third kappa shape index (κ3) is 6.25. The maximum atomic E-state index is 12.1. The predicted octanol–water partition coefficient (Wildman–Crippen LogP) is 4.38. The molecule has 7 nitrogen and oxygen atoms in total. The molecule has 8 heteroatoms. The average molecular weight is 427 g/mol. The van der Waals surface area contributed by atoms with Gasteiger partial charge < -0.3 is 14.5 Å². The molecule has 0 saturated carbocycles. The molecule has 0 bridgehead atoms. The number of hydrogen-bond acceptors (Lipinski definition) is 6. The number of imidazole rings is 1. The number of amides is 1. The van der Waals surface area contributed by atoms with Crippen LogP contribution in [0.5, 0.6) is 11.5 Å². The van der Waals surface area contributed by atoms with Gasteiger partial charge in [0.25, 0.3) is 5.91 Å². The van der Waals surface area contributed by atoms with Crippen molar-refractivity contribution in [3.63, 3.8) is 0 Å². The van der Waals surface area contributed by atoms with Gasteiger partial charge in [-0.3, -0.25) is 4.79 Å². The summed E-state index contributed by atoms with van der Waals surface area (Å²) in [5.41, 5.74) is 5.18. The Hall–Kier alpha value is -3.00. The number of para-hydroxylation sites is 2. The van der Waals surface area contributed by atoms with E-state index < -0.39 is 0 Å². The standard InChI is InChI=1S/C22H26N4O3S/c1-3-5-12-29-19-11-10-16(13-20(19)28-4-2)14-23-26-21(27)15-30-22-24-17-8-6-7-9-18(17)25-22/h6-11,13-14H,3-5,12,15H2,1-2H3,(H,24,25)(H,26,27)/b23-14-. The van der Waals surface area contributed by atoms with E-state index in [2.05, 4.69) is 27.4 Å². The van der Waals surface area contributed by atoms with Crippen LogP contribution in [0.15, 0.2) is 52.7 Å². The second-order valence-corrected chi connectivity index (χ2v) is 7.45. The Morgan fingerprint density at radius 3 is 2.87 bits per heavy atom. The SMILES string of the molecule is CCCCOc1ccc(/C=N\NC(=O)CSc2nc3ccccc3[nH]2)cc1OCC. The van der Waals surface area contributed by atoms with E-state index >= 15 is 0 Å². The molecule has 0 aliphatic heterocycles. The first-order valence-corrected chi connectivity index (χ1v) is 11.0. The van der Waals surface area contributed by atoms with Crippen LogP contribution in [0.4, 0.5) is 0 Å². The van der Waals surface area contributed by atoms with Gasteiger partial charge >= 0.3 is 0 Å². The van der Waals surface area contributed by atoms with E-state index in [0.29, 0.717) is 29.9 Å². The molecular formula is C22H26N4O3S. The number of ether oxygens (including phenoxy) is 2. The molecule has 3 aromatic rings. The van der Waals surface area contributed by atoms with Crippen molar-refractivity contribution in [3.05, 3.63) is 48.0 Å². The number of rotatable bonds is 11. The van der Waals surface area contributed by atoms with Crippen molar-refractivity contribution in [2.24, 2.45) is 5.10 Å². The summed E-state index contributed by atoms with van der Waals surface area (Å²) in [5, 5.41) is 4.74. The summed E-state index contributed by atoms with van der Waals surface area (Å²) in [4.78, 5) is 19.7. The van der Waals surface area contributed by atoms with Crippen molar-refractivity contribution >= 4 is 34.9 Å². The number of fused-ring (bicyclic) bond motifs is 1. The average Bonchev–Trinajstić information content (AvgIpc) is 3.17. The monoisotopic (exact) mass is 426 g/mol. The number of aromatic amines is 1. The van der Waals surface area contributed by atoms with Crippen LogP contribution >= 0.6 is 11.8 Å². The fraction of sp³-hybridized carbons (Fsp3) is 0.318. The Morgan fingerprint density at radius 2 is 2.07 bits per heavy atom. The molecule has 1 heterocycles. The maximum Gasteiger partial charge on any atom is 0.250 e. The number of carbonyl (C=O) groups excluding carboxylic acids is 1. The summed E-state index contributed by atoms with van der Waals surface area (Å²) in [6.07, 6.45) is 3.65. The second kappa shape index (κ2) is 11.3. The van der Waals surface area contributed by atoms with E-state index in [1.165, 1.54) is 11.8 Å². The molecule has 1 amide bonds. The van der Waals surface area contributed by atoms with Crippen molar-refractivity contribution < 1.29 is 14.3 Å². The number of nitrogens with zero attached hydrogens (tertiary/aromatic N) is 2. The first kappa shape index (κ1) is 21.7. The molecule has 0 fully saturated rings. The molecule has 158 valence electrons. The number of hydrogen-bond donors (Lipinski definition) is 2. The molecule has 0 radical (unpaired) electrons. The molecular weight excluding hydrogens is 400 g/mol. The number of hydrazone groups is 1. The topological polar surface area (TPSA) is 88.6 Å². The van der Waals surface area contributed by atoms with Crippen molar-refractivity contribution in [3.8, 4) is 11.5 Å². The van der Waals surface area contributed by atoms with E-state index in [4.69, 9.17) is 9.47 Å². The Bertz CT molecular complexity index is 970. The van der Waals surface area contributed by atoms with E-state index in [9.17, 15) is 4.79 Å². The lowest BCUT2D eigenvalue weighted by atomic mass is 10.2. The van der Waals surface area contributed by atoms with Gasteiger partial charge in [-0.1, -0.05) is 37.2 Å². The smallest absolute Gasteiger partial charge is 0.250 e. The first-order chi connectivity index (χ1) is 14.7. The molecule has 0 aliphatic rings. The highest BCUT2D eigenvalue weighted by molar-refractivity contribution is 7.99. The summed E-state index contributed by atoms with van der Waals surface area (Å²) in [6.45, 7) is 5.25. The maximum absolute atomic E-state index is 12.1. The van der Waals surface area contributed by atoms with Crippen LogP contribution < -0.4 is 14.9 Å². The van der Waals surface area contributed by atoms with Gasteiger partial charge in [-0.25, -0.2) is 10.4 Å².